The second kappa shape index (κ2) is 4.79. The molecule has 0 aliphatic heterocycles. The Kier molecular flexibility index (Phi) is 4.39. The number of nitrogens with two attached hydrogens (primary N) is 1. The number of anilines is 1. The van der Waals surface area contributed by atoms with Crippen LogP contribution in [-0.2, 0) is 0 Å². The van der Waals surface area contributed by atoms with Crippen LogP contribution in [0, 0.1) is 0 Å². The third kappa shape index (κ3) is 2.56. The molecule has 0 radical (unpaired) electrons. The summed E-state index contributed by atoms with van der Waals surface area (Å²) in [6, 6.07) is 3.18. The first-order valence-electron chi connectivity index (χ1n) is 2.83. The fraction of sp³-hybridized carbons (Fsp3) is 0. The number of hydrogen-bond donors (Lipinski definition) is 2. The lowest BCUT2D eigenvalue weighted by atomic mass is 10.3. The van der Waals surface area contributed by atoms with E-state index in [-0.39, 0.29) is 18.2 Å². The summed E-state index contributed by atoms with van der Waals surface area (Å²) in [6.45, 7) is 0. The molecule has 1 heterocycles. The lowest BCUT2D eigenvalue weighted by molar-refractivity contribution is 0.322. The molecule has 0 amide bonds. The van der Waals surface area contributed by atoms with Gasteiger partial charge in [0.2, 0.25) is 0 Å². The van der Waals surface area contributed by atoms with E-state index in [4.69, 9.17) is 22.5 Å². The van der Waals surface area contributed by atoms with Crippen LogP contribution in [0.3, 0.4) is 0 Å². The molecule has 6 heteroatoms. The maximum absolute atomic E-state index is 8.17. The Labute approximate surface area is 80.5 Å². The van der Waals surface area contributed by atoms with Gasteiger partial charge in [-0.15, -0.1) is 12.4 Å². The van der Waals surface area contributed by atoms with E-state index >= 15 is 0 Å². The zero-order valence-electron chi connectivity index (χ0n) is 5.94. The minimum absolute atomic E-state index is 0. The molecule has 0 fully saturated rings. The van der Waals surface area contributed by atoms with Gasteiger partial charge in [0.1, 0.15) is 11.0 Å². The molecule has 1 aromatic rings. The summed E-state index contributed by atoms with van der Waals surface area (Å²) in [6.07, 6.45) is 1.19. The van der Waals surface area contributed by atoms with Crippen LogP contribution in [0.2, 0.25) is 5.15 Å². The van der Waals surface area contributed by atoms with Crippen LogP contribution in [0.25, 0.3) is 0 Å². The summed E-state index contributed by atoms with van der Waals surface area (Å²) in [5, 5.41) is 11.3. The summed E-state index contributed by atoms with van der Waals surface area (Å²) >= 11 is 5.52. The van der Waals surface area contributed by atoms with Crippen LogP contribution in [0.5, 0.6) is 0 Å². The van der Waals surface area contributed by atoms with Gasteiger partial charge in [-0.3, -0.25) is 0 Å². The van der Waals surface area contributed by atoms with Crippen molar-refractivity contribution in [3.8, 4) is 0 Å². The van der Waals surface area contributed by atoms with Gasteiger partial charge in [-0.1, -0.05) is 16.8 Å². The zero-order chi connectivity index (χ0) is 8.27. The summed E-state index contributed by atoms with van der Waals surface area (Å²) in [7, 11) is 0. The Morgan fingerprint density at radius 3 is 2.75 bits per heavy atom. The average Bonchev–Trinajstić information content (AvgIpc) is 1.95. The van der Waals surface area contributed by atoms with Crippen molar-refractivity contribution in [3.05, 3.63) is 22.8 Å². The Morgan fingerprint density at radius 1 is 1.58 bits per heavy atom. The lowest BCUT2D eigenvalue weighted by Crippen LogP contribution is -1.96. The van der Waals surface area contributed by atoms with Crippen molar-refractivity contribution >= 4 is 36.0 Å². The van der Waals surface area contributed by atoms with E-state index in [2.05, 4.69) is 10.1 Å². The highest BCUT2D eigenvalue weighted by Crippen LogP contribution is 2.10. The van der Waals surface area contributed by atoms with Crippen molar-refractivity contribution in [1.29, 1.82) is 0 Å². The van der Waals surface area contributed by atoms with Crippen LogP contribution in [0.15, 0.2) is 17.3 Å². The van der Waals surface area contributed by atoms with Gasteiger partial charge < -0.3 is 10.9 Å². The quantitative estimate of drug-likeness (QED) is 0.318. The van der Waals surface area contributed by atoms with Crippen molar-refractivity contribution in [2.75, 3.05) is 5.73 Å². The number of oxime groups is 1. The van der Waals surface area contributed by atoms with E-state index in [1.165, 1.54) is 6.21 Å². The highest BCUT2D eigenvalue weighted by molar-refractivity contribution is 6.29. The maximum Gasteiger partial charge on any atom is 0.134 e. The number of nitrogens with zero attached hydrogens (tertiary/aromatic N) is 2. The number of nitrogen functional groups attached to an aromatic ring is 1. The fourth-order valence-electron chi connectivity index (χ4n) is 0.632. The SMILES string of the molecule is Cl.Nc1nc(Cl)ccc1C=NO. The van der Waals surface area contributed by atoms with Gasteiger partial charge >= 0.3 is 0 Å². The first-order valence-corrected chi connectivity index (χ1v) is 3.21. The summed E-state index contributed by atoms with van der Waals surface area (Å²) in [5.74, 6) is 0.246. The van der Waals surface area contributed by atoms with Crippen molar-refractivity contribution in [3.63, 3.8) is 0 Å². The number of pyridine rings is 1. The second-order valence-corrected chi connectivity index (χ2v) is 2.24. The molecule has 3 N–H and O–H groups in total. The van der Waals surface area contributed by atoms with E-state index < -0.39 is 0 Å². The molecule has 0 spiro atoms. The number of aromatic nitrogens is 1. The smallest absolute Gasteiger partial charge is 0.134 e. The fourth-order valence-corrected chi connectivity index (χ4v) is 0.786. The van der Waals surface area contributed by atoms with E-state index in [0.29, 0.717) is 10.7 Å². The normalized spacial score (nSPS) is 9.75. The van der Waals surface area contributed by atoms with Crippen molar-refractivity contribution < 1.29 is 5.21 Å². The van der Waals surface area contributed by atoms with Crippen molar-refractivity contribution in [2.45, 2.75) is 0 Å². The maximum atomic E-state index is 8.17. The Morgan fingerprint density at radius 2 is 2.25 bits per heavy atom. The molecule has 66 valence electrons. The van der Waals surface area contributed by atoms with Crippen molar-refractivity contribution in [1.82, 2.24) is 4.98 Å². The first-order chi connectivity index (χ1) is 5.24. The Bertz CT molecular complexity index is 290. The lowest BCUT2D eigenvalue weighted by Gasteiger charge is -1.96. The third-order valence-corrected chi connectivity index (χ3v) is 1.33. The van der Waals surface area contributed by atoms with Gasteiger partial charge in [-0.25, -0.2) is 4.98 Å². The Hall–Kier alpha value is -1.00. The van der Waals surface area contributed by atoms with E-state index in [0.717, 1.165) is 0 Å². The highest BCUT2D eigenvalue weighted by atomic mass is 35.5. The molecule has 4 nitrogen and oxygen atoms in total. The molecule has 0 atom stereocenters. The third-order valence-electron chi connectivity index (χ3n) is 1.12. The monoisotopic (exact) mass is 207 g/mol. The number of hydrogen-bond acceptors (Lipinski definition) is 4. The zero-order valence-corrected chi connectivity index (χ0v) is 7.51. The molecule has 0 aliphatic carbocycles. The molecule has 1 aromatic heterocycles. The molecule has 0 aromatic carbocycles. The first kappa shape index (κ1) is 11.0. The van der Waals surface area contributed by atoms with Gasteiger partial charge in [0.05, 0.1) is 6.21 Å². The number of halogens is 2. The van der Waals surface area contributed by atoms with Crippen LogP contribution in [0.4, 0.5) is 5.82 Å². The Balaban J connectivity index is 0.00000121. The molecule has 1 rings (SSSR count). The minimum atomic E-state index is 0. The largest absolute Gasteiger partial charge is 0.411 e. The van der Waals surface area contributed by atoms with Crippen LogP contribution in [-0.4, -0.2) is 16.4 Å². The molecule has 0 unspecified atom stereocenters. The van der Waals surface area contributed by atoms with Crippen LogP contribution < -0.4 is 5.73 Å². The van der Waals surface area contributed by atoms with E-state index in [9.17, 15) is 0 Å². The van der Waals surface area contributed by atoms with Gasteiger partial charge in [0, 0.05) is 5.56 Å². The van der Waals surface area contributed by atoms with Gasteiger partial charge in [-0.05, 0) is 12.1 Å². The molecule has 0 bridgehead atoms. The van der Waals surface area contributed by atoms with Gasteiger partial charge in [-0.2, -0.15) is 0 Å². The van der Waals surface area contributed by atoms with E-state index in [1.54, 1.807) is 12.1 Å². The molecule has 12 heavy (non-hydrogen) atoms. The standard InChI is InChI=1S/C6H6ClN3O.ClH/c7-5-2-1-4(3-9-11)6(8)10-5;/h1-3,11H,(H2,8,10);1H. The molecule has 0 aliphatic rings. The predicted octanol–water partition coefficient (Wildman–Crippen LogP) is 1.55. The van der Waals surface area contributed by atoms with Crippen LogP contribution >= 0.6 is 24.0 Å². The van der Waals surface area contributed by atoms with E-state index in [1.807, 2.05) is 0 Å². The second-order valence-electron chi connectivity index (χ2n) is 1.85. The average molecular weight is 208 g/mol. The van der Waals surface area contributed by atoms with Crippen molar-refractivity contribution in [2.24, 2.45) is 5.16 Å². The van der Waals surface area contributed by atoms with Crippen LogP contribution in [0.1, 0.15) is 5.56 Å². The highest BCUT2D eigenvalue weighted by Gasteiger charge is 1.97. The molecule has 0 saturated carbocycles. The minimum Gasteiger partial charge on any atom is -0.411 e. The summed E-state index contributed by atoms with van der Waals surface area (Å²) in [4.78, 5) is 3.73. The summed E-state index contributed by atoms with van der Waals surface area (Å²) in [5.41, 5.74) is 5.95. The summed E-state index contributed by atoms with van der Waals surface area (Å²) < 4.78 is 0. The topological polar surface area (TPSA) is 71.5 Å². The van der Waals surface area contributed by atoms with Gasteiger partial charge in [0.15, 0.2) is 0 Å². The predicted molar refractivity (Wildman–Crippen MR) is 50.3 cm³/mol. The number of rotatable bonds is 1. The molecular formula is C6H7Cl2N3O. The molecule has 0 saturated heterocycles. The van der Waals surface area contributed by atoms with Gasteiger partial charge in [0.25, 0.3) is 0 Å². The molecular weight excluding hydrogens is 201 g/mol.